The number of fused-ring (bicyclic) bond motifs is 1. The lowest BCUT2D eigenvalue weighted by Gasteiger charge is -2.62. The summed E-state index contributed by atoms with van der Waals surface area (Å²) in [7, 11) is 1.87. The number of rotatable bonds is 8. The lowest BCUT2D eigenvalue weighted by atomic mass is 9.85. The van der Waals surface area contributed by atoms with Gasteiger partial charge < -0.3 is 21.3 Å². The van der Waals surface area contributed by atoms with Gasteiger partial charge in [-0.1, -0.05) is 35.1 Å². The second-order valence-electron chi connectivity index (χ2n) is 8.58. The Morgan fingerprint density at radius 3 is 2.69 bits per heavy atom. The smallest absolute Gasteiger partial charge is 0.188 e. The highest BCUT2D eigenvalue weighted by molar-refractivity contribution is 7.17. The monoisotopic (exact) mass is 514 g/mol. The van der Waals surface area contributed by atoms with Crippen molar-refractivity contribution in [3.63, 3.8) is 0 Å². The number of hydrogen-bond acceptors (Lipinski definition) is 10. The number of anilines is 4. The van der Waals surface area contributed by atoms with E-state index in [2.05, 4.69) is 35.4 Å². The van der Waals surface area contributed by atoms with E-state index in [0.717, 1.165) is 61.2 Å². The number of carbonyl (C=O) groups is 1. The van der Waals surface area contributed by atoms with Crippen LogP contribution >= 0.6 is 22.9 Å². The van der Waals surface area contributed by atoms with Crippen molar-refractivity contribution in [3.8, 4) is 0 Å². The van der Waals surface area contributed by atoms with Gasteiger partial charge in [0.15, 0.2) is 11.4 Å². The summed E-state index contributed by atoms with van der Waals surface area (Å²) in [4.78, 5) is 29.4. The SMILES string of the molecule is CNc1c(C)cccc1Cl.Cc1nc(Nc2ncc(C=O)s2)cc(N2CC3[C@@H]2CN3CCCN)n1. The summed E-state index contributed by atoms with van der Waals surface area (Å²) in [5, 5.41) is 7.64. The third kappa shape index (κ3) is 5.72. The number of piperazine rings is 1. The molecule has 0 saturated carbocycles. The van der Waals surface area contributed by atoms with E-state index in [1.54, 1.807) is 6.20 Å². The molecule has 2 atom stereocenters. The standard InChI is InChI=1S/C16H21N7OS.C8H10ClN/c1-10-19-14(21-16-18-6-11(9-24)25-16)5-15(20-10)23-8-12-13(23)7-22(12)4-2-3-17;1-6-4-3-5-7(9)8(6)10-2/h5-6,9,12-13H,2-4,7-8,17H2,1H3,(H,18,19,20,21);3-5,10H,1-2H3/t12?,13-;/m0./s1. The summed E-state index contributed by atoms with van der Waals surface area (Å²) in [6, 6.07) is 8.97. The van der Waals surface area contributed by atoms with Crippen molar-refractivity contribution >= 4 is 51.7 Å². The highest BCUT2D eigenvalue weighted by Gasteiger charge is 2.51. The largest absolute Gasteiger partial charge is 0.387 e. The molecule has 4 heterocycles. The third-order valence-electron chi connectivity index (χ3n) is 6.23. The molecule has 1 unspecified atom stereocenters. The Kier molecular flexibility index (Phi) is 8.17. The third-order valence-corrected chi connectivity index (χ3v) is 7.39. The van der Waals surface area contributed by atoms with Crippen molar-refractivity contribution in [2.75, 3.05) is 48.8 Å². The number of halogens is 1. The molecule has 4 N–H and O–H groups in total. The molecule has 0 amide bonds. The predicted molar refractivity (Wildman–Crippen MR) is 143 cm³/mol. The van der Waals surface area contributed by atoms with Gasteiger partial charge in [-0.25, -0.2) is 15.0 Å². The van der Waals surface area contributed by atoms with E-state index in [1.165, 1.54) is 16.9 Å². The Morgan fingerprint density at radius 1 is 1.26 bits per heavy atom. The molecule has 9 nitrogen and oxygen atoms in total. The van der Waals surface area contributed by atoms with Crippen LogP contribution < -0.4 is 21.3 Å². The summed E-state index contributed by atoms with van der Waals surface area (Å²) in [5.41, 5.74) is 7.79. The molecular weight excluding hydrogens is 484 g/mol. The van der Waals surface area contributed by atoms with E-state index in [4.69, 9.17) is 17.3 Å². The van der Waals surface area contributed by atoms with Gasteiger partial charge in [-0.05, 0) is 45.0 Å². The second kappa shape index (κ2) is 11.3. The van der Waals surface area contributed by atoms with Crippen LogP contribution in [0.5, 0.6) is 0 Å². The van der Waals surface area contributed by atoms with Crippen molar-refractivity contribution in [3.05, 3.63) is 51.7 Å². The van der Waals surface area contributed by atoms with Crippen molar-refractivity contribution in [1.82, 2.24) is 19.9 Å². The van der Waals surface area contributed by atoms with Crippen LogP contribution in [0.25, 0.3) is 0 Å². The summed E-state index contributed by atoms with van der Waals surface area (Å²) in [5.74, 6) is 2.37. The highest BCUT2D eigenvalue weighted by Crippen LogP contribution is 2.37. The van der Waals surface area contributed by atoms with E-state index in [9.17, 15) is 4.79 Å². The first-order valence-corrected chi connectivity index (χ1v) is 12.8. The van der Waals surface area contributed by atoms with E-state index >= 15 is 0 Å². The average molecular weight is 515 g/mol. The molecule has 2 aromatic heterocycles. The normalized spacial score (nSPS) is 18.5. The van der Waals surface area contributed by atoms with Gasteiger partial charge in [0.25, 0.3) is 0 Å². The highest BCUT2D eigenvalue weighted by atomic mass is 35.5. The lowest BCUT2D eigenvalue weighted by molar-refractivity contribution is 0.0105. The summed E-state index contributed by atoms with van der Waals surface area (Å²) >= 11 is 7.17. The molecule has 11 heteroatoms. The first-order valence-electron chi connectivity index (χ1n) is 11.6. The van der Waals surface area contributed by atoms with Gasteiger partial charge in [0.1, 0.15) is 17.5 Å². The maximum atomic E-state index is 10.8. The minimum atomic E-state index is 0.543. The number of carbonyl (C=O) groups excluding carboxylic acids is 1. The number of nitrogens with zero attached hydrogens (tertiary/aromatic N) is 5. The van der Waals surface area contributed by atoms with Crippen LogP contribution in [0.3, 0.4) is 0 Å². The van der Waals surface area contributed by atoms with Gasteiger partial charge in [-0.3, -0.25) is 9.69 Å². The molecule has 3 aromatic rings. The number of likely N-dealkylation sites (tertiary alicyclic amines) is 1. The van der Waals surface area contributed by atoms with Crippen LogP contribution in [0, 0.1) is 13.8 Å². The first kappa shape index (κ1) is 25.3. The average Bonchev–Trinajstić information content (AvgIpc) is 3.27. The van der Waals surface area contributed by atoms with Gasteiger partial charge in [-0.15, -0.1) is 0 Å². The fourth-order valence-corrected chi connectivity index (χ4v) is 5.33. The zero-order valence-corrected chi connectivity index (χ0v) is 21.7. The molecule has 0 radical (unpaired) electrons. The number of benzene rings is 1. The van der Waals surface area contributed by atoms with E-state index in [1.807, 2.05) is 45.2 Å². The quantitative estimate of drug-likeness (QED) is 0.387. The fourth-order valence-electron chi connectivity index (χ4n) is 4.38. The molecule has 0 spiro atoms. The van der Waals surface area contributed by atoms with Crippen molar-refractivity contribution in [2.24, 2.45) is 5.73 Å². The molecule has 5 rings (SSSR count). The number of aldehydes is 1. The Labute approximate surface area is 214 Å². The molecule has 0 bridgehead atoms. The van der Waals surface area contributed by atoms with Gasteiger partial charge in [0.05, 0.1) is 27.8 Å². The fraction of sp³-hybridized carbons (Fsp3) is 0.417. The molecule has 1 aromatic carbocycles. The van der Waals surface area contributed by atoms with Crippen molar-refractivity contribution < 1.29 is 4.79 Å². The number of aromatic nitrogens is 3. The van der Waals surface area contributed by atoms with Crippen LogP contribution in [0.4, 0.5) is 22.5 Å². The Balaban J connectivity index is 0.000000243. The maximum Gasteiger partial charge on any atom is 0.188 e. The van der Waals surface area contributed by atoms with Crippen LogP contribution in [-0.2, 0) is 0 Å². The molecule has 2 saturated heterocycles. The van der Waals surface area contributed by atoms with Crippen LogP contribution in [0.2, 0.25) is 5.02 Å². The zero-order valence-electron chi connectivity index (χ0n) is 20.2. The summed E-state index contributed by atoms with van der Waals surface area (Å²) in [6.07, 6.45) is 3.41. The molecule has 2 fully saturated rings. The van der Waals surface area contributed by atoms with E-state index < -0.39 is 0 Å². The number of hydrogen-bond donors (Lipinski definition) is 3. The summed E-state index contributed by atoms with van der Waals surface area (Å²) < 4.78 is 0. The zero-order chi connectivity index (χ0) is 24.9. The Hall–Kier alpha value is -2.79. The van der Waals surface area contributed by atoms with Crippen LogP contribution in [0.15, 0.2) is 30.5 Å². The Bertz CT molecular complexity index is 1150. The first-order chi connectivity index (χ1) is 16.9. The maximum absolute atomic E-state index is 10.8. The van der Waals surface area contributed by atoms with E-state index in [-0.39, 0.29) is 0 Å². The predicted octanol–water partition coefficient (Wildman–Crippen LogP) is 3.71. The number of nitrogens with two attached hydrogens (primary N) is 1. The number of para-hydroxylation sites is 1. The second-order valence-corrected chi connectivity index (χ2v) is 10.0. The van der Waals surface area contributed by atoms with Crippen molar-refractivity contribution in [2.45, 2.75) is 32.4 Å². The van der Waals surface area contributed by atoms with Gasteiger partial charge in [-0.2, -0.15) is 0 Å². The van der Waals surface area contributed by atoms with Gasteiger partial charge in [0.2, 0.25) is 0 Å². The molecule has 2 aliphatic heterocycles. The minimum absolute atomic E-state index is 0.543. The molecule has 35 heavy (non-hydrogen) atoms. The van der Waals surface area contributed by atoms with Crippen LogP contribution in [0.1, 0.15) is 27.5 Å². The lowest BCUT2D eigenvalue weighted by Crippen LogP contribution is -2.79. The number of thiazole rings is 1. The molecule has 2 aliphatic rings. The van der Waals surface area contributed by atoms with Gasteiger partial charge >= 0.3 is 0 Å². The Morgan fingerprint density at radius 2 is 2.09 bits per heavy atom. The van der Waals surface area contributed by atoms with E-state index in [0.29, 0.717) is 27.9 Å². The van der Waals surface area contributed by atoms with Gasteiger partial charge in [0, 0.05) is 32.2 Å². The molecular formula is C24H31ClN8OS. The topological polar surface area (TPSA) is 112 Å². The number of nitrogens with one attached hydrogen (secondary N) is 2. The molecule has 0 aliphatic carbocycles. The van der Waals surface area contributed by atoms with Crippen LogP contribution in [-0.4, -0.2) is 71.4 Å². The summed E-state index contributed by atoms with van der Waals surface area (Å²) in [6.45, 7) is 7.82. The van der Waals surface area contributed by atoms with Crippen molar-refractivity contribution in [1.29, 1.82) is 0 Å². The number of aryl methyl sites for hydroxylation is 2. The molecule has 186 valence electrons. The minimum Gasteiger partial charge on any atom is -0.387 e.